The Balaban J connectivity index is 1.86. The molecule has 0 spiro atoms. The smallest absolute Gasteiger partial charge is 0.211 e. The molecule has 2 rings (SSSR count). The summed E-state index contributed by atoms with van der Waals surface area (Å²) in [5, 5.41) is 0. The van der Waals surface area contributed by atoms with Crippen LogP contribution in [0, 0.1) is 6.92 Å². The van der Waals surface area contributed by atoms with Crippen LogP contribution in [0.15, 0.2) is 48.5 Å². The molecule has 2 aromatic carbocycles. The third-order valence-corrected chi connectivity index (χ3v) is 5.04. The summed E-state index contributed by atoms with van der Waals surface area (Å²) in [7, 11) is -1.65. The van der Waals surface area contributed by atoms with Crippen molar-refractivity contribution < 1.29 is 13.2 Å². The number of sulfonamides is 1. The van der Waals surface area contributed by atoms with Gasteiger partial charge in [0.15, 0.2) is 0 Å². The molecule has 0 unspecified atom stereocenters. The molecule has 124 valence electrons. The van der Waals surface area contributed by atoms with E-state index in [4.69, 9.17) is 4.74 Å². The highest BCUT2D eigenvalue weighted by atomic mass is 32.2. The predicted octanol–water partition coefficient (Wildman–Crippen LogP) is 2.71. The largest absolute Gasteiger partial charge is 0.496 e. The van der Waals surface area contributed by atoms with Gasteiger partial charge in [-0.15, -0.1) is 0 Å². The first kappa shape index (κ1) is 17.5. The fourth-order valence-corrected chi connectivity index (χ4v) is 3.47. The average molecular weight is 333 g/mol. The zero-order valence-corrected chi connectivity index (χ0v) is 14.4. The summed E-state index contributed by atoms with van der Waals surface area (Å²) in [6.07, 6.45) is 1.12. The van der Waals surface area contributed by atoms with E-state index in [1.54, 1.807) is 7.11 Å². The van der Waals surface area contributed by atoms with Crippen molar-refractivity contribution in [2.24, 2.45) is 0 Å². The molecule has 0 saturated carbocycles. The molecule has 2 aromatic rings. The van der Waals surface area contributed by atoms with Crippen LogP contribution in [-0.4, -0.2) is 27.8 Å². The van der Waals surface area contributed by atoms with E-state index in [0.717, 1.165) is 22.4 Å². The van der Waals surface area contributed by atoms with Crippen LogP contribution >= 0.6 is 0 Å². The maximum Gasteiger partial charge on any atom is 0.211 e. The van der Waals surface area contributed by atoms with Crippen LogP contribution in [0.3, 0.4) is 0 Å². The summed E-state index contributed by atoms with van der Waals surface area (Å²) in [4.78, 5) is 0. The number of hydrogen-bond donors (Lipinski definition) is 1. The first-order chi connectivity index (χ1) is 11.0. The Labute approximate surface area is 138 Å². The van der Waals surface area contributed by atoms with Gasteiger partial charge in [0.1, 0.15) is 5.75 Å². The molecule has 1 N–H and O–H groups in total. The van der Waals surface area contributed by atoms with Gasteiger partial charge in [0.25, 0.3) is 0 Å². The Morgan fingerprint density at radius 3 is 2.48 bits per heavy atom. The van der Waals surface area contributed by atoms with Crippen LogP contribution in [0.5, 0.6) is 5.75 Å². The SMILES string of the molecule is COc1ccc(C)cc1CCNS(=O)(=O)CCc1ccccc1. The highest BCUT2D eigenvalue weighted by molar-refractivity contribution is 7.89. The number of rotatable bonds is 8. The van der Waals surface area contributed by atoms with Crippen molar-refractivity contribution in [3.8, 4) is 5.75 Å². The van der Waals surface area contributed by atoms with Crippen molar-refractivity contribution in [3.63, 3.8) is 0 Å². The Hall–Kier alpha value is -1.85. The second kappa shape index (κ2) is 8.13. The molecular formula is C18H23NO3S. The number of ether oxygens (including phenoxy) is 1. The Morgan fingerprint density at radius 2 is 1.78 bits per heavy atom. The Morgan fingerprint density at radius 1 is 1.04 bits per heavy atom. The first-order valence-electron chi connectivity index (χ1n) is 7.65. The van der Waals surface area contributed by atoms with Crippen molar-refractivity contribution in [1.29, 1.82) is 0 Å². The van der Waals surface area contributed by atoms with Crippen molar-refractivity contribution >= 4 is 10.0 Å². The zero-order valence-electron chi connectivity index (χ0n) is 13.6. The van der Waals surface area contributed by atoms with Gasteiger partial charge >= 0.3 is 0 Å². The molecule has 5 heteroatoms. The molecule has 0 atom stereocenters. The number of aryl methyl sites for hydroxylation is 2. The molecule has 0 radical (unpaired) electrons. The average Bonchev–Trinajstić information content (AvgIpc) is 2.54. The molecule has 4 nitrogen and oxygen atoms in total. The van der Waals surface area contributed by atoms with Gasteiger partial charge in [-0.05, 0) is 37.0 Å². The summed E-state index contributed by atoms with van der Waals surface area (Å²) in [5.41, 5.74) is 3.17. The standard InChI is InChI=1S/C18H23NO3S/c1-15-8-9-18(22-2)17(14-15)10-12-19-23(20,21)13-11-16-6-4-3-5-7-16/h3-9,14,19H,10-13H2,1-2H3. The molecule has 0 aromatic heterocycles. The lowest BCUT2D eigenvalue weighted by atomic mass is 10.1. The number of benzene rings is 2. The summed E-state index contributed by atoms with van der Waals surface area (Å²) < 4.78 is 32.1. The fraction of sp³-hybridized carbons (Fsp3) is 0.333. The molecule has 0 saturated heterocycles. The van der Waals surface area contributed by atoms with E-state index in [1.807, 2.05) is 55.5 Å². The van der Waals surface area contributed by atoms with Crippen LogP contribution < -0.4 is 9.46 Å². The summed E-state index contributed by atoms with van der Waals surface area (Å²) >= 11 is 0. The van der Waals surface area contributed by atoms with Gasteiger partial charge in [-0.2, -0.15) is 0 Å². The van der Waals surface area contributed by atoms with E-state index in [2.05, 4.69) is 4.72 Å². The molecule has 23 heavy (non-hydrogen) atoms. The molecule has 0 heterocycles. The molecule has 0 fully saturated rings. The molecule has 0 aliphatic heterocycles. The van der Waals surface area contributed by atoms with Gasteiger partial charge in [0, 0.05) is 6.54 Å². The van der Waals surface area contributed by atoms with Gasteiger partial charge in [-0.1, -0.05) is 48.0 Å². The lowest BCUT2D eigenvalue weighted by Gasteiger charge is -2.11. The van der Waals surface area contributed by atoms with E-state index >= 15 is 0 Å². The van der Waals surface area contributed by atoms with E-state index in [1.165, 1.54) is 0 Å². The summed E-state index contributed by atoms with van der Waals surface area (Å²) in [5.74, 6) is 0.890. The highest BCUT2D eigenvalue weighted by Crippen LogP contribution is 2.19. The lowest BCUT2D eigenvalue weighted by Crippen LogP contribution is -2.29. The molecule has 0 aliphatic rings. The maximum atomic E-state index is 12.1. The van der Waals surface area contributed by atoms with Crippen molar-refractivity contribution in [2.75, 3.05) is 19.4 Å². The second-order valence-corrected chi connectivity index (χ2v) is 7.44. The summed E-state index contributed by atoms with van der Waals surface area (Å²) in [6, 6.07) is 15.5. The number of methoxy groups -OCH3 is 1. The molecule has 0 bridgehead atoms. The topological polar surface area (TPSA) is 55.4 Å². The molecular weight excluding hydrogens is 310 g/mol. The van der Waals surface area contributed by atoms with E-state index < -0.39 is 10.0 Å². The quantitative estimate of drug-likeness (QED) is 0.808. The fourth-order valence-electron chi connectivity index (χ4n) is 2.41. The third kappa shape index (κ3) is 5.69. The van der Waals surface area contributed by atoms with E-state index in [-0.39, 0.29) is 5.75 Å². The minimum absolute atomic E-state index is 0.0992. The van der Waals surface area contributed by atoms with Gasteiger partial charge < -0.3 is 4.74 Å². The molecule has 0 amide bonds. The lowest BCUT2D eigenvalue weighted by molar-refractivity contribution is 0.409. The van der Waals surface area contributed by atoms with Crippen LogP contribution in [-0.2, 0) is 22.9 Å². The molecule has 0 aliphatic carbocycles. The van der Waals surface area contributed by atoms with Gasteiger partial charge in [0.2, 0.25) is 10.0 Å². The van der Waals surface area contributed by atoms with Crippen LogP contribution in [0.1, 0.15) is 16.7 Å². The maximum absolute atomic E-state index is 12.1. The van der Waals surface area contributed by atoms with Crippen LogP contribution in [0.4, 0.5) is 0 Å². The predicted molar refractivity (Wildman–Crippen MR) is 93.4 cm³/mol. The van der Waals surface area contributed by atoms with Gasteiger partial charge in [-0.3, -0.25) is 0 Å². The van der Waals surface area contributed by atoms with Crippen molar-refractivity contribution in [2.45, 2.75) is 19.8 Å². The van der Waals surface area contributed by atoms with Crippen LogP contribution in [0.25, 0.3) is 0 Å². The minimum atomic E-state index is -3.27. The third-order valence-electron chi connectivity index (χ3n) is 3.65. The van der Waals surface area contributed by atoms with Gasteiger partial charge in [-0.25, -0.2) is 13.1 Å². The van der Waals surface area contributed by atoms with E-state index in [0.29, 0.717) is 19.4 Å². The monoisotopic (exact) mass is 333 g/mol. The number of hydrogen-bond acceptors (Lipinski definition) is 3. The van der Waals surface area contributed by atoms with Crippen molar-refractivity contribution in [3.05, 3.63) is 65.2 Å². The van der Waals surface area contributed by atoms with E-state index in [9.17, 15) is 8.42 Å². The minimum Gasteiger partial charge on any atom is -0.496 e. The Bertz CT molecular complexity index is 727. The second-order valence-electron chi connectivity index (χ2n) is 5.51. The summed E-state index contributed by atoms with van der Waals surface area (Å²) in [6.45, 7) is 2.38. The normalized spacial score (nSPS) is 11.4. The Kier molecular flexibility index (Phi) is 6.19. The van der Waals surface area contributed by atoms with Crippen LogP contribution in [0.2, 0.25) is 0 Å². The highest BCUT2D eigenvalue weighted by Gasteiger charge is 2.11. The first-order valence-corrected chi connectivity index (χ1v) is 9.30. The van der Waals surface area contributed by atoms with Crippen molar-refractivity contribution in [1.82, 2.24) is 4.72 Å². The van der Waals surface area contributed by atoms with Gasteiger partial charge in [0.05, 0.1) is 12.9 Å². The zero-order chi connectivity index (χ0) is 16.7. The number of nitrogens with one attached hydrogen (secondary N) is 1.